The van der Waals surface area contributed by atoms with Crippen molar-refractivity contribution < 1.29 is 18.7 Å². The molecule has 1 heterocycles. The van der Waals surface area contributed by atoms with E-state index in [9.17, 15) is 9.18 Å². The van der Waals surface area contributed by atoms with Crippen LogP contribution in [0.2, 0.25) is 0 Å². The zero-order chi connectivity index (χ0) is 18.5. The highest BCUT2D eigenvalue weighted by molar-refractivity contribution is 7.10. The van der Waals surface area contributed by atoms with Gasteiger partial charge in [-0.05, 0) is 43.3 Å². The lowest BCUT2D eigenvalue weighted by molar-refractivity contribution is -0.122. The summed E-state index contributed by atoms with van der Waals surface area (Å²) >= 11 is 1.06. The molecule has 0 aliphatic heterocycles. The highest BCUT2D eigenvalue weighted by atomic mass is 32.1. The molecule has 1 N–H and O–H groups in total. The molecular formula is C18H16FN3O3S. The lowest BCUT2D eigenvalue weighted by Gasteiger charge is -2.13. The first-order valence-electron chi connectivity index (χ1n) is 7.77. The van der Waals surface area contributed by atoms with E-state index in [1.54, 1.807) is 31.4 Å². The largest absolute Gasteiger partial charge is 0.497 e. The molecule has 134 valence electrons. The Morgan fingerprint density at radius 3 is 2.62 bits per heavy atom. The molecule has 2 aromatic carbocycles. The Bertz CT molecular complexity index is 899. The van der Waals surface area contributed by atoms with Gasteiger partial charge in [-0.15, -0.1) is 0 Å². The van der Waals surface area contributed by atoms with E-state index in [1.807, 2.05) is 12.1 Å². The minimum atomic E-state index is -0.889. The maximum atomic E-state index is 13.6. The van der Waals surface area contributed by atoms with Gasteiger partial charge in [0, 0.05) is 17.1 Å². The molecule has 0 radical (unpaired) electrons. The van der Waals surface area contributed by atoms with Gasteiger partial charge in [-0.3, -0.25) is 10.1 Å². The van der Waals surface area contributed by atoms with Crippen LogP contribution in [0.15, 0.2) is 48.5 Å². The number of ether oxygens (including phenoxy) is 2. The minimum absolute atomic E-state index is 0.0198. The van der Waals surface area contributed by atoms with Crippen LogP contribution >= 0.6 is 11.5 Å². The molecule has 0 saturated heterocycles. The fourth-order valence-electron chi connectivity index (χ4n) is 2.12. The maximum Gasteiger partial charge on any atom is 0.266 e. The number of aromatic nitrogens is 2. The van der Waals surface area contributed by atoms with Gasteiger partial charge in [-0.1, -0.05) is 12.1 Å². The third kappa shape index (κ3) is 4.15. The molecule has 1 atom stereocenters. The van der Waals surface area contributed by atoms with Crippen LogP contribution in [0.4, 0.5) is 9.52 Å². The fraction of sp³-hybridized carbons (Fsp3) is 0.167. The van der Waals surface area contributed by atoms with Gasteiger partial charge in [0.15, 0.2) is 23.5 Å². The van der Waals surface area contributed by atoms with Crippen LogP contribution in [0.1, 0.15) is 6.92 Å². The van der Waals surface area contributed by atoms with Gasteiger partial charge in [0.25, 0.3) is 5.91 Å². The highest BCUT2D eigenvalue weighted by Gasteiger charge is 2.18. The summed E-state index contributed by atoms with van der Waals surface area (Å²) in [6, 6.07) is 13.2. The van der Waals surface area contributed by atoms with Crippen molar-refractivity contribution in [2.45, 2.75) is 13.0 Å². The second kappa shape index (κ2) is 7.92. The number of hydrogen-bond donors (Lipinski definition) is 1. The molecule has 1 aromatic heterocycles. The van der Waals surface area contributed by atoms with E-state index in [2.05, 4.69) is 14.7 Å². The Morgan fingerprint density at radius 1 is 1.19 bits per heavy atom. The van der Waals surface area contributed by atoms with Crippen molar-refractivity contribution in [3.05, 3.63) is 54.3 Å². The zero-order valence-corrected chi connectivity index (χ0v) is 14.9. The molecule has 0 saturated carbocycles. The predicted molar refractivity (Wildman–Crippen MR) is 97.0 cm³/mol. The summed E-state index contributed by atoms with van der Waals surface area (Å²) in [5.41, 5.74) is 0.804. The number of para-hydroxylation sites is 1. The molecule has 0 fully saturated rings. The van der Waals surface area contributed by atoms with Gasteiger partial charge in [0.05, 0.1) is 7.11 Å². The van der Waals surface area contributed by atoms with E-state index in [1.165, 1.54) is 19.1 Å². The van der Waals surface area contributed by atoms with Crippen molar-refractivity contribution in [3.8, 4) is 22.9 Å². The number of hydrogen-bond acceptors (Lipinski definition) is 6. The second-order valence-corrected chi connectivity index (χ2v) is 6.08. The summed E-state index contributed by atoms with van der Waals surface area (Å²) in [7, 11) is 1.59. The molecule has 8 heteroatoms. The molecule has 0 aliphatic carbocycles. The van der Waals surface area contributed by atoms with Crippen LogP contribution in [0.5, 0.6) is 11.5 Å². The number of rotatable bonds is 6. The minimum Gasteiger partial charge on any atom is -0.497 e. The molecule has 0 spiro atoms. The van der Waals surface area contributed by atoms with Gasteiger partial charge in [-0.25, -0.2) is 4.39 Å². The molecule has 6 nitrogen and oxygen atoms in total. The van der Waals surface area contributed by atoms with Gasteiger partial charge in [0.1, 0.15) is 5.75 Å². The van der Waals surface area contributed by atoms with Gasteiger partial charge < -0.3 is 9.47 Å². The first-order chi connectivity index (χ1) is 12.6. The fourth-order valence-corrected chi connectivity index (χ4v) is 2.72. The summed E-state index contributed by atoms with van der Waals surface area (Å²) in [5, 5.41) is 2.97. The normalized spacial score (nSPS) is 11.7. The summed E-state index contributed by atoms with van der Waals surface area (Å²) in [5.74, 6) is 0.286. The van der Waals surface area contributed by atoms with Crippen LogP contribution in [0.25, 0.3) is 11.4 Å². The average Bonchev–Trinajstić information content (AvgIpc) is 3.12. The van der Waals surface area contributed by atoms with Crippen LogP contribution < -0.4 is 14.8 Å². The monoisotopic (exact) mass is 373 g/mol. The number of nitrogens with one attached hydrogen (secondary N) is 1. The van der Waals surface area contributed by atoms with Crippen molar-refractivity contribution in [1.82, 2.24) is 9.36 Å². The molecule has 26 heavy (non-hydrogen) atoms. The van der Waals surface area contributed by atoms with Crippen molar-refractivity contribution >= 4 is 22.6 Å². The van der Waals surface area contributed by atoms with Crippen molar-refractivity contribution in [2.24, 2.45) is 0 Å². The molecule has 0 bridgehead atoms. The van der Waals surface area contributed by atoms with Crippen molar-refractivity contribution in [3.63, 3.8) is 0 Å². The SMILES string of the molecule is COc1ccc(-c2nsc(NC(=O)[C@H](C)Oc3ccccc3F)n2)cc1. The number of methoxy groups -OCH3 is 1. The highest BCUT2D eigenvalue weighted by Crippen LogP contribution is 2.24. The predicted octanol–water partition coefficient (Wildman–Crippen LogP) is 3.76. The van der Waals surface area contributed by atoms with Gasteiger partial charge in [0.2, 0.25) is 5.13 Å². The summed E-state index contributed by atoms with van der Waals surface area (Å²) in [4.78, 5) is 16.5. The molecular weight excluding hydrogens is 357 g/mol. The Morgan fingerprint density at radius 2 is 1.92 bits per heavy atom. The van der Waals surface area contributed by atoms with Crippen LogP contribution in [0.3, 0.4) is 0 Å². The van der Waals surface area contributed by atoms with E-state index in [-0.39, 0.29) is 5.75 Å². The quantitative estimate of drug-likeness (QED) is 0.712. The van der Waals surface area contributed by atoms with E-state index in [0.29, 0.717) is 11.0 Å². The standard InChI is InChI=1S/C18H16FN3O3S/c1-11(25-15-6-4-3-5-14(15)19)17(23)21-18-20-16(22-26-18)12-7-9-13(24-2)10-8-12/h3-11H,1-2H3,(H,20,21,22,23)/t11-/m0/s1. The van der Waals surface area contributed by atoms with Crippen LogP contribution in [-0.4, -0.2) is 28.5 Å². The number of carbonyl (C=O) groups is 1. The Kier molecular flexibility index (Phi) is 5.43. The molecule has 3 aromatic rings. The lowest BCUT2D eigenvalue weighted by atomic mass is 10.2. The Labute approximate surface area is 153 Å². The van der Waals surface area contributed by atoms with Crippen molar-refractivity contribution in [2.75, 3.05) is 12.4 Å². The number of carbonyl (C=O) groups excluding carboxylic acids is 1. The average molecular weight is 373 g/mol. The Balaban J connectivity index is 1.64. The van der Waals surface area contributed by atoms with E-state index in [0.717, 1.165) is 22.8 Å². The smallest absolute Gasteiger partial charge is 0.266 e. The number of halogens is 1. The molecule has 3 rings (SSSR count). The van der Waals surface area contributed by atoms with E-state index >= 15 is 0 Å². The third-order valence-electron chi connectivity index (χ3n) is 3.51. The van der Waals surface area contributed by atoms with E-state index < -0.39 is 17.8 Å². The molecule has 0 unspecified atom stereocenters. The van der Waals surface area contributed by atoms with Crippen molar-refractivity contribution in [1.29, 1.82) is 0 Å². The van der Waals surface area contributed by atoms with Crippen LogP contribution in [0, 0.1) is 5.82 Å². The van der Waals surface area contributed by atoms with Gasteiger partial charge in [-0.2, -0.15) is 9.36 Å². The summed E-state index contributed by atoms with van der Waals surface area (Å²) in [6.07, 6.45) is -0.889. The van der Waals surface area contributed by atoms with Gasteiger partial charge >= 0.3 is 0 Å². The number of benzene rings is 2. The summed E-state index contributed by atoms with van der Waals surface area (Å²) in [6.45, 7) is 1.53. The second-order valence-electron chi connectivity index (χ2n) is 5.33. The molecule has 1 amide bonds. The maximum absolute atomic E-state index is 13.6. The first kappa shape index (κ1) is 17.8. The Hall–Kier alpha value is -3.00. The molecule has 0 aliphatic rings. The number of nitrogens with zero attached hydrogens (tertiary/aromatic N) is 2. The first-order valence-corrected chi connectivity index (χ1v) is 8.54. The van der Waals surface area contributed by atoms with E-state index in [4.69, 9.17) is 9.47 Å². The third-order valence-corrected chi connectivity index (χ3v) is 4.14. The number of anilines is 1. The zero-order valence-electron chi connectivity index (χ0n) is 14.1. The van der Waals surface area contributed by atoms with Crippen LogP contribution in [-0.2, 0) is 4.79 Å². The summed E-state index contributed by atoms with van der Waals surface area (Å²) < 4.78 is 28.3. The number of amides is 1. The topological polar surface area (TPSA) is 73.3 Å². The lowest BCUT2D eigenvalue weighted by Crippen LogP contribution is -2.30.